The molecule has 0 saturated heterocycles. The maximum Gasteiger partial charge on any atom is 0.0696 e. The highest BCUT2D eigenvalue weighted by molar-refractivity contribution is 4.17. The molecular weight excluding hydrogens is 144 g/mol. The van der Waals surface area contributed by atoms with Crippen molar-refractivity contribution in [3.05, 3.63) is 0 Å². The molecule has 0 aromatic heterocycles. The lowest BCUT2D eigenvalue weighted by atomic mass is 10.8. The third-order valence-corrected chi connectivity index (χ3v) is 0.492. The number of aliphatic hydroxyl groups excluding tert-OH is 1. The van der Waals surface area contributed by atoms with E-state index in [0.29, 0.717) is 13.2 Å². The molecule has 0 radical (unpaired) electrons. The standard InChI is InChI=1S/C4H10O2.C2H6O.C2H6/c1-5-3-4-6-2;1-2-3;1-2/h3-4H2,1-2H3;3H,2H2,1H3;1-2H3. The van der Waals surface area contributed by atoms with E-state index in [1.807, 2.05) is 13.8 Å². The molecular formula is C8H22O3. The Morgan fingerprint density at radius 2 is 1.18 bits per heavy atom. The summed E-state index contributed by atoms with van der Waals surface area (Å²) in [5, 5.41) is 7.57. The van der Waals surface area contributed by atoms with E-state index in [1.54, 1.807) is 21.1 Å². The molecule has 0 aliphatic rings. The monoisotopic (exact) mass is 166 g/mol. The molecule has 0 unspecified atom stereocenters. The van der Waals surface area contributed by atoms with Crippen LogP contribution in [0.3, 0.4) is 0 Å². The minimum atomic E-state index is 0.250. The van der Waals surface area contributed by atoms with Crippen LogP contribution >= 0.6 is 0 Å². The van der Waals surface area contributed by atoms with Gasteiger partial charge in [0, 0.05) is 20.8 Å². The second-order valence-electron chi connectivity index (χ2n) is 1.30. The van der Waals surface area contributed by atoms with Crippen LogP contribution in [-0.2, 0) is 9.47 Å². The summed E-state index contributed by atoms with van der Waals surface area (Å²) in [6, 6.07) is 0. The zero-order chi connectivity index (χ0) is 9.54. The first-order valence-corrected chi connectivity index (χ1v) is 3.92. The Hall–Kier alpha value is -0.120. The Morgan fingerprint density at radius 1 is 1.00 bits per heavy atom. The molecule has 0 heterocycles. The molecule has 0 saturated carbocycles. The number of hydrogen-bond donors (Lipinski definition) is 1. The van der Waals surface area contributed by atoms with Crippen LogP contribution in [-0.4, -0.2) is 39.1 Å². The van der Waals surface area contributed by atoms with Crippen molar-refractivity contribution < 1.29 is 14.6 Å². The van der Waals surface area contributed by atoms with Gasteiger partial charge in [0.1, 0.15) is 0 Å². The molecule has 3 nitrogen and oxygen atoms in total. The van der Waals surface area contributed by atoms with Crippen LogP contribution in [0.25, 0.3) is 0 Å². The molecule has 0 amide bonds. The topological polar surface area (TPSA) is 38.7 Å². The van der Waals surface area contributed by atoms with Gasteiger partial charge in [0.15, 0.2) is 0 Å². The van der Waals surface area contributed by atoms with E-state index in [2.05, 4.69) is 9.47 Å². The van der Waals surface area contributed by atoms with Gasteiger partial charge in [-0.2, -0.15) is 0 Å². The van der Waals surface area contributed by atoms with Crippen molar-refractivity contribution in [3.8, 4) is 0 Å². The largest absolute Gasteiger partial charge is 0.397 e. The van der Waals surface area contributed by atoms with Gasteiger partial charge in [-0.1, -0.05) is 13.8 Å². The van der Waals surface area contributed by atoms with Gasteiger partial charge >= 0.3 is 0 Å². The first-order chi connectivity index (χ1) is 5.33. The Kier molecular flexibility index (Phi) is 50.9. The molecule has 72 valence electrons. The minimum Gasteiger partial charge on any atom is -0.397 e. The van der Waals surface area contributed by atoms with Crippen molar-refractivity contribution in [2.45, 2.75) is 20.8 Å². The third kappa shape index (κ3) is 74.0. The SMILES string of the molecule is CC.CCO.COCCOC. The number of hydrogen-bond acceptors (Lipinski definition) is 3. The third-order valence-electron chi connectivity index (χ3n) is 0.492. The van der Waals surface area contributed by atoms with Gasteiger partial charge in [0.05, 0.1) is 13.2 Å². The molecule has 11 heavy (non-hydrogen) atoms. The lowest BCUT2D eigenvalue weighted by Gasteiger charge is -1.91. The van der Waals surface area contributed by atoms with Gasteiger partial charge in [-0.05, 0) is 6.92 Å². The molecule has 0 bridgehead atoms. The van der Waals surface area contributed by atoms with E-state index < -0.39 is 0 Å². The van der Waals surface area contributed by atoms with Gasteiger partial charge in [-0.15, -0.1) is 0 Å². The maximum atomic E-state index is 7.57. The Balaban J connectivity index is -0.000000109. The van der Waals surface area contributed by atoms with Crippen LogP contribution in [0.15, 0.2) is 0 Å². The summed E-state index contributed by atoms with van der Waals surface area (Å²) < 4.78 is 9.31. The quantitative estimate of drug-likeness (QED) is 0.642. The van der Waals surface area contributed by atoms with E-state index in [4.69, 9.17) is 5.11 Å². The summed E-state index contributed by atoms with van der Waals surface area (Å²) in [7, 11) is 3.30. The summed E-state index contributed by atoms with van der Waals surface area (Å²) >= 11 is 0. The van der Waals surface area contributed by atoms with Crippen LogP contribution in [0.1, 0.15) is 20.8 Å². The van der Waals surface area contributed by atoms with Crippen LogP contribution in [0, 0.1) is 0 Å². The first kappa shape index (κ1) is 17.1. The normalized spacial score (nSPS) is 7.09. The predicted molar refractivity (Wildman–Crippen MR) is 47.9 cm³/mol. The predicted octanol–water partition coefficient (Wildman–Crippen LogP) is 1.30. The summed E-state index contributed by atoms with van der Waals surface area (Å²) in [5.41, 5.74) is 0. The second-order valence-corrected chi connectivity index (χ2v) is 1.30. The zero-order valence-electron chi connectivity index (χ0n) is 8.39. The van der Waals surface area contributed by atoms with E-state index >= 15 is 0 Å². The van der Waals surface area contributed by atoms with E-state index in [-0.39, 0.29) is 6.61 Å². The summed E-state index contributed by atoms with van der Waals surface area (Å²) in [6.45, 7) is 7.31. The molecule has 0 atom stereocenters. The fourth-order valence-corrected chi connectivity index (χ4v) is 0.167. The van der Waals surface area contributed by atoms with Crippen LogP contribution in [0.2, 0.25) is 0 Å². The van der Waals surface area contributed by atoms with Crippen molar-refractivity contribution >= 4 is 0 Å². The molecule has 0 aromatic rings. The zero-order valence-corrected chi connectivity index (χ0v) is 8.39. The number of methoxy groups -OCH3 is 2. The summed E-state index contributed by atoms with van der Waals surface area (Å²) in [6.07, 6.45) is 0. The molecule has 0 aliphatic carbocycles. The smallest absolute Gasteiger partial charge is 0.0696 e. The average molecular weight is 166 g/mol. The highest BCUT2D eigenvalue weighted by Crippen LogP contribution is 1.65. The van der Waals surface area contributed by atoms with Crippen LogP contribution < -0.4 is 0 Å². The fourth-order valence-electron chi connectivity index (χ4n) is 0.167. The molecule has 1 N–H and O–H groups in total. The van der Waals surface area contributed by atoms with Crippen LogP contribution in [0.4, 0.5) is 0 Å². The lowest BCUT2D eigenvalue weighted by molar-refractivity contribution is 0.103. The second kappa shape index (κ2) is 32.7. The molecule has 0 aromatic carbocycles. The van der Waals surface area contributed by atoms with E-state index in [9.17, 15) is 0 Å². The average Bonchev–Trinajstić information content (AvgIpc) is 2.06. The van der Waals surface area contributed by atoms with Gasteiger partial charge < -0.3 is 14.6 Å². The van der Waals surface area contributed by atoms with Gasteiger partial charge in [-0.25, -0.2) is 0 Å². The van der Waals surface area contributed by atoms with E-state index in [0.717, 1.165) is 0 Å². The first-order valence-electron chi connectivity index (χ1n) is 3.92. The molecule has 0 rings (SSSR count). The van der Waals surface area contributed by atoms with Gasteiger partial charge in [0.2, 0.25) is 0 Å². The minimum absolute atomic E-state index is 0.250. The van der Waals surface area contributed by atoms with E-state index in [1.165, 1.54) is 0 Å². The maximum absolute atomic E-state index is 7.57. The highest BCUT2D eigenvalue weighted by atomic mass is 16.5. The van der Waals surface area contributed by atoms with Gasteiger partial charge in [0.25, 0.3) is 0 Å². The Morgan fingerprint density at radius 3 is 1.27 bits per heavy atom. The molecule has 3 heteroatoms. The van der Waals surface area contributed by atoms with Crippen molar-refractivity contribution in [1.82, 2.24) is 0 Å². The van der Waals surface area contributed by atoms with Crippen molar-refractivity contribution in [3.63, 3.8) is 0 Å². The Labute approximate surface area is 70.3 Å². The number of ether oxygens (including phenoxy) is 2. The summed E-state index contributed by atoms with van der Waals surface area (Å²) in [5.74, 6) is 0. The molecule has 0 aliphatic heterocycles. The van der Waals surface area contributed by atoms with Crippen molar-refractivity contribution in [2.75, 3.05) is 34.0 Å². The molecule has 0 spiro atoms. The number of aliphatic hydroxyl groups is 1. The lowest BCUT2D eigenvalue weighted by Crippen LogP contribution is -1.96. The number of rotatable bonds is 3. The van der Waals surface area contributed by atoms with Gasteiger partial charge in [-0.3, -0.25) is 0 Å². The van der Waals surface area contributed by atoms with Crippen molar-refractivity contribution in [1.29, 1.82) is 0 Å². The highest BCUT2D eigenvalue weighted by Gasteiger charge is 1.73. The van der Waals surface area contributed by atoms with Crippen LogP contribution in [0.5, 0.6) is 0 Å². The summed E-state index contributed by atoms with van der Waals surface area (Å²) in [4.78, 5) is 0. The molecule has 0 fully saturated rings. The fraction of sp³-hybridized carbons (Fsp3) is 1.00. The van der Waals surface area contributed by atoms with Crippen molar-refractivity contribution in [2.24, 2.45) is 0 Å². The Bertz CT molecular complexity index is 28.5.